The molecule has 74 valence electrons. The minimum absolute atomic E-state index is 0.194. The fourth-order valence-electron chi connectivity index (χ4n) is 1.28. The lowest BCUT2D eigenvalue weighted by Crippen LogP contribution is -2.28. The molecule has 0 saturated carbocycles. The van der Waals surface area contributed by atoms with Crippen LogP contribution in [0, 0.1) is 12.8 Å². The molecule has 0 aliphatic heterocycles. The number of nitrogens with two attached hydrogens (primary N) is 1. The maximum absolute atomic E-state index is 5.48. The van der Waals surface area contributed by atoms with Gasteiger partial charge in [-0.3, -0.25) is 11.3 Å². The molecule has 4 nitrogen and oxygen atoms in total. The van der Waals surface area contributed by atoms with Crippen molar-refractivity contribution in [2.45, 2.75) is 33.2 Å². The molecular formula is C8H16N4S. The van der Waals surface area contributed by atoms with E-state index in [0.717, 1.165) is 17.0 Å². The van der Waals surface area contributed by atoms with E-state index in [9.17, 15) is 0 Å². The van der Waals surface area contributed by atoms with Crippen LogP contribution in [0.15, 0.2) is 0 Å². The molecular weight excluding hydrogens is 184 g/mol. The lowest BCUT2D eigenvalue weighted by atomic mass is 10.0. The van der Waals surface area contributed by atoms with Gasteiger partial charge < -0.3 is 0 Å². The summed E-state index contributed by atoms with van der Waals surface area (Å²) in [6.07, 6.45) is 1.02. The van der Waals surface area contributed by atoms with Gasteiger partial charge in [-0.2, -0.15) is 0 Å². The van der Waals surface area contributed by atoms with Crippen LogP contribution in [0.25, 0.3) is 0 Å². The Hall–Kier alpha value is -0.520. The number of hydrogen-bond acceptors (Lipinski definition) is 5. The van der Waals surface area contributed by atoms with E-state index in [1.165, 1.54) is 11.5 Å². The van der Waals surface area contributed by atoms with Crippen LogP contribution in [0.5, 0.6) is 0 Å². The van der Waals surface area contributed by atoms with Gasteiger partial charge in [0.25, 0.3) is 0 Å². The Kier molecular flexibility index (Phi) is 3.77. The molecule has 0 bridgehead atoms. The highest BCUT2D eigenvalue weighted by molar-refractivity contribution is 7.05. The number of hydrogen-bond donors (Lipinski definition) is 2. The van der Waals surface area contributed by atoms with Crippen molar-refractivity contribution >= 4 is 11.5 Å². The lowest BCUT2D eigenvalue weighted by Gasteiger charge is -2.16. The third kappa shape index (κ3) is 2.72. The molecule has 1 rings (SSSR count). The Bertz CT molecular complexity index is 258. The summed E-state index contributed by atoms with van der Waals surface area (Å²) in [6, 6.07) is 0.194. The van der Waals surface area contributed by atoms with E-state index in [4.69, 9.17) is 5.84 Å². The maximum atomic E-state index is 5.48. The summed E-state index contributed by atoms with van der Waals surface area (Å²) in [5.74, 6) is 6.10. The molecule has 1 aromatic heterocycles. The van der Waals surface area contributed by atoms with Gasteiger partial charge in [0, 0.05) is 0 Å². The van der Waals surface area contributed by atoms with Crippen LogP contribution in [-0.2, 0) is 0 Å². The molecule has 0 fully saturated rings. The van der Waals surface area contributed by atoms with Crippen molar-refractivity contribution in [1.82, 2.24) is 15.0 Å². The summed E-state index contributed by atoms with van der Waals surface area (Å²) in [5, 5.41) is 3.97. The summed E-state index contributed by atoms with van der Waals surface area (Å²) in [7, 11) is 0. The third-order valence-electron chi connectivity index (χ3n) is 1.91. The first-order valence-corrected chi connectivity index (χ1v) is 5.17. The Labute approximate surface area is 82.7 Å². The van der Waals surface area contributed by atoms with Gasteiger partial charge in [0.05, 0.1) is 16.6 Å². The van der Waals surface area contributed by atoms with Crippen LogP contribution in [0.4, 0.5) is 0 Å². The predicted molar refractivity (Wildman–Crippen MR) is 54.2 cm³/mol. The number of aromatic nitrogens is 2. The van der Waals surface area contributed by atoms with Gasteiger partial charge in [0.1, 0.15) is 0 Å². The zero-order valence-corrected chi connectivity index (χ0v) is 9.06. The Morgan fingerprint density at radius 3 is 2.62 bits per heavy atom. The standard InChI is InChI=1S/C8H16N4S/c1-5(2)4-7(10-9)8-6(3)11-12-13-8/h5,7,10H,4,9H2,1-3H3. The number of rotatable bonds is 4. The highest BCUT2D eigenvalue weighted by atomic mass is 32.1. The van der Waals surface area contributed by atoms with Gasteiger partial charge in [0.15, 0.2) is 0 Å². The van der Waals surface area contributed by atoms with Gasteiger partial charge >= 0.3 is 0 Å². The Balaban J connectivity index is 2.72. The molecule has 5 heteroatoms. The van der Waals surface area contributed by atoms with Gasteiger partial charge in [-0.15, -0.1) is 5.10 Å². The minimum atomic E-state index is 0.194. The number of aryl methyl sites for hydroxylation is 1. The van der Waals surface area contributed by atoms with Gasteiger partial charge in [-0.1, -0.05) is 18.3 Å². The van der Waals surface area contributed by atoms with E-state index >= 15 is 0 Å². The van der Waals surface area contributed by atoms with Crippen molar-refractivity contribution in [3.63, 3.8) is 0 Å². The van der Waals surface area contributed by atoms with Crippen molar-refractivity contribution in [1.29, 1.82) is 0 Å². The average Bonchev–Trinajstić information content (AvgIpc) is 2.47. The first-order valence-electron chi connectivity index (χ1n) is 4.40. The van der Waals surface area contributed by atoms with Crippen LogP contribution in [0.3, 0.4) is 0 Å². The van der Waals surface area contributed by atoms with Crippen molar-refractivity contribution in [3.05, 3.63) is 10.6 Å². The quantitative estimate of drug-likeness (QED) is 0.569. The summed E-state index contributed by atoms with van der Waals surface area (Å²) in [6.45, 7) is 6.31. The van der Waals surface area contributed by atoms with Crippen LogP contribution >= 0.6 is 11.5 Å². The van der Waals surface area contributed by atoms with E-state index in [1.54, 1.807) is 0 Å². The number of hydrazine groups is 1. The summed E-state index contributed by atoms with van der Waals surface area (Å²) >= 11 is 1.42. The van der Waals surface area contributed by atoms with Crippen molar-refractivity contribution in [2.75, 3.05) is 0 Å². The van der Waals surface area contributed by atoms with Crippen molar-refractivity contribution in [2.24, 2.45) is 11.8 Å². The molecule has 0 aromatic carbocycles. The average molecular weight is 200 g/mol. The molecule has 0 amide bonds. The Morgan fingerprint density at radius 1 is 1.54 bits per heavy atom. The largest absolute Gasteiger partial charge is 0.271 e. The molecule has 0 radical (unpaired) electrons. The topological polar surface area (TPSA) is 63.8 Å². The second-order valence-corrected chi connectivity index (χ2v) is 4.36. The van der Waals surface area contributed by atoms with Crippen LogP contribution < -0.4 is 11.3 Å². The Morgan fingerprint density at radius 2 is 2.23 bits per heavy atom. The van der Waals surface area contributed by atoms with Crippen LogP contribution in [-0.4, -0.2) is 9.59 Å². The molecule has 1 heterocycles. The minimum Gasteiger partial charge on any atom is -0.271 e. The fourth-order valence-corrected chi connectivity index (χ4v) is 1.99. The monoisotopic (exact) mass is 200 g/mol. The number of nitrogens with zero attached hydrogens (tertiary/aromatic N) is 2. The van der Waals surface area contributed by atoms with E-state index in [2.05, 4.69) is 28.9 Å². The molecule has 1 unspecified atom stereocenters. The third-order valence-corrected chi connectivity index (χ3v) is 2.85. The second-order valence-electron chi connectivity index (χ2n) is 3.57. The molecule has 0 aliphatic carbocycles. The van der Waals surface area contributed by atoms with Crippen LogP contribution in [0.2, 0.25) is 0 Å². The molecule has 0 saturated heterocycles. The van der Waals surface area contributed by atoms with Crippen molar-refractivity contribution < 1.29 is 0 Å². The van der Waals surface area contributed by atoms with Gasteiger partial charge in [-0.05, 0) is 30.8 Å². The molecule has 0 aliphatic rings. The number of nitrogens with one attached hydrogen (secondary N) is 1. The van der Waals surface area contributed by atoms with E-state index in [0.29, 0.717) is 5.92 Å². The normalized spacial score (nSPS) is 13.6. The zero-order valence-electron chi connectivity index (χ0n) is 8.24. The predicted octanol–water partition coefficient (Wildman–Crippen LogP) is 1.40. The van der Waals surface area contributed by atoms with E-state index in [1.807, 2.05) is 6.92 Å². The SMILES string of the molecule is Cc1nnsc1C(CC(C)C)NN. The second kappa shape index (κ2) is 4.64. The maximum Gasteiger partial charge on any atom is 0.0773 e. The van der Waals surface area contributed by atoms with Crippen LogP contribution in [0.1, 0.15) is 36.9 Å². The van der Waals surface area contributed by atoms with Crippen molar-refractivity contribution in [3.8, 4) is 0 Å². The molecule has 13 heavy (non-hydrogen) atoms. The van der Waals surface area contributed by atoms with Gasteiger partial charge in [-0.25, -0.2) is 0 Å². The highest BCUT2D eigenvalue weighted by Gasteiger charge is 2.16. The zero-order chi connectivity index (χ0) is 9.84. The van der Waals surface area contributed by atoms with E-state index in [-0.39, 0.29) is 6.04 Å². The molecule has 3 N–H and O–H groups in total. The first-order chi connectivity index (χ1) is 6.15. The fraction of sp³-hybridized carbons (Fsp3) is 0.750. The molecule has 1 aromatic rings. The van der Waals surface area contributed by atoms with Gasteiger partial charge in [0.2, 0.25) is 0 Å². The molecule has 0 spiro atoms. The summed E-state index contributed by atoms with van der Waals surface area (Å²) in [5.41, 5.74) is 3.79. The highest BCUT2D eigenvalue weighted by Crippen LogP contribution is 2.24. The summed E-state index contributed by atoms with van der Waals surface area (Å²) < 4.78 is 3.89. The smallest absolute Gasteiger partial charge is 0.0773 e. The summed E-state index contributed by atoms with van der Waals surface area (Å²) in [4.78, 5) is 1.15. The molecule has 1 atom stereocenters. The first kappa shape index (κ1) is 10.6. The lowest BCUT2D eigenvalue weighted by molar-refractivity contribution is 0.441. The van der Waals surface area contributed by atoms with E-state index < -0.39 is 0 Å².